The Kier molecular flexibility index (Phi) is 5.29. The number of nitrogens with zero attached hydrogens (tertiary/aromatic N) is 1. The molecule has 8 nitrogen and oxygen atoms in total. The van der Waals surface area contributed by atoms with Gasteiger partial charge in [-0.3, -0.25) is 14.9 Å². The third-order valence-corrected chi connectivity index (χ3v) is 3.20. The average molecular weight is 329 g/mol. The van der Waals surface area contributed by atoms with Crippen molar-refractivity contribution < 1.29 is 24.0 Å². The Labute approximate surface area is 130 Å². The Bertz CT molecular complexity index is 600. The summed E-state index contributed by atoms with van der Waals surface area (Å²) in [6.45, 7) is -0.0542. The van der Waals surface area contributed by atoms with Gasteiger partial charge in [0.2, 0.25) is 0 Å². The lowest BCUT2D eigenvalue weighted by molar-refractivity contribution is -0.383. The van der Waals surface area contributed by atoms with Crippen molar-refractivity contribution in [3.63, 3.8) is 0 Å². The van der Waals surface area contributed by atoms with Gasteiger partial charge in [-0.2, -0.15) is 0 Å². The van der Waals surface area contributed by atoms with Crippen molar-refractivity contribution in [2.45, 2.75) is 18.9 Å². The molecular formula is C13H13ClN2O6. The zero-order valence-electron chi connectivity index (χ0n) is 11.4. The van der Waals surface area contributed by atoms with E-state index in [1.165, 1.54) is 12.1 Å². The smallest absolute Gasteiger partial charge is 0.335 e. The standard InChI is InChI=1S/C13H13ClN2O6/c14-8-3-4-9(10(6-8)16(19)20)15-12(17)7-22-13(18)11-2-1-5-21-11/h3-4,6,11H,1-2,5,7H2,(H,15,17)/t11-/m1/s1. The molecule has 1 N–H and O–H groups in total. The van der Waals surface area contributed by atoms with Gasteiger partial charge in [0.05, 0.1) is 4.92 Å². The van der Waals surface area contributed by atoms with Crippen LogP contribution in [0.15, 0.2) is 18.2 Å². The zero-order chi connectivity index (χ0) is 16.1. The Morgan fingerprint density at radius 3 is 2.91 bits per heavy atom. The fourth-order valence-corrected chi connectivity index (χ4v) is 2.11. The molecule has 0 spiro atoms. The molecule has 1 atom stereocenters. The number of halogens is 1. The lowest BCUT2D eigenvalue weighted by Crippen LogP contribution is -2.27. The van der Waals surface area contributed by atoms with Gasteiger partial charge in [0.1, 0.15) is 5.69 Å². The largest absolute Gasteiger partial charge is 0.454 e. The van der Waals surface area contributed by atoms with Crippen LogP contribution in [0.1, 0.15) is 12.8 Å². The highest BCUT2D eigenvalue weighted by molar-refractivity contribution is 6.31. The highest BCUT2D eigenvalue weighted by Crippen LogP contribution is 2.27. The van der Waals surface area contributed by atoms with E-state index in [1.54, 1.807) is 0 Å². The van der Waals surface area contributed by atoms with Crippen LogP contribution in [0.5, 0.6) is 0 Å². The lowest BCUT2D eigenvalue weighted by Gasteiger charge is -2.10. The van der Waals surface area contributed by atoms with E-state index in [2.05, 4.69) is 5.32 Å². The topological polar surface area (TPSA) is 108 Å². The fourth-order valence-electron chi connectivity index (χ4n) is 1.94. The van der Waals surface area contributed by atoms with Crippen LogP contribution in [-0.4, -0.2) is 36.1 Å². The number of nitro benzene ring substituents is 1. The van der Waals surface area contributed by atoms with Crippen LogP contribution in [0, 0.1) is 10.1 Å². The van der Waals surface area contributed by atoms with Gasteiger partial charge in [0.15, 0.2) is 12.7 Å². The summed E-state index contributed by atoms with van der Waals surface area (Å²) in [7, 11) is 0. The summed E-state index contributed by atoms with van der Waals surface area (Å²) in [5.74, 6) is -1.30. The van der Waals surface area contributed by atoms with Gasteiger partial charge >= 0.3 is 5.97 Å². The highest BCUT2D eigenvalue weighted by atomic mass is 35.5. The van der Waals surface area contributed by atoms with Crippen molar-refractivity contribution >= 4 is 34.9 Å². The number of hydrogen-bond donors (Lipinski definition) is 1. The molecule has 1 aliphatic heterocycles. The summed E-state index contributed by atoms with van der Waals surface area (Å²) in [6, 6.07) is 3.83. The van der Waals surface area contributed by atoms with E-state index >= 15 is 0 Å². The normalized spacial score (nSPS) is 17.0. The van der Waals surface area contributed by atoms with Gasteiger partial charge in [-0.1, -0.05) is 11.6 Å². The second-order valence-corrected chi connectivity index (χ2v) is 5.01. The van der Waals surface area contributed by atoms with E-state index in [1.807, 2.05) is 0 Å². The molecule has 1 fully saturated rings. The van der Waals surface area contributed by atoms with Crippen molar-refractivity contribution in [3.05, 3.63) is 33.3 Å². The Hall–Kier alpha value is -2.19. The van der Waals surface area contributed by atoms with E-state index < -0.39 is 29.5 Å². The molecule has 1 amide bonds. The van der Waals surface area contributed by atoms with Crippen LogP contribution in [0.4, 0.5) is 11.4 Å². The minimum absolute atomic E-state index is 0.0208. The molecule has 0 aromatic heterocycles. The van der Waals surface area contributed by atoms with E-state index in [4.69, 9.17) is 21.1 Å². The van der Waals surface area contributed by atoms with Crippen LogP contribution in [0.3, 0.4) is 0 Å². The number of esters is 1. The molecule has 0 aliphatic carbocycles. The SMILES string of the molecule is O=C(COC(=O)[C@H]1CCCO1)Nc1ccc(Cl)cc1[N+](=O)[O-]. The molecule has 118 valence electrons. The zero-order valence-corrected chi connectivity index (χ0v) is 12.2. The van der Waals surface area contributed by atoms with Crippen LogP contribution in [0.2, 0.25) is 5.02 Å². The van der Waals surface area contributed by atoms with Gasteiger partial charge in [0.25, 0.3) is 11.6 Å². The number of nitro groups is 1. The minimum atomic E-state index is -0.684. The molecule has 1 aromatic rings. The van der Waals surface area contributed by atoms with Crippen molar-refractivity contribution in [1.29, 1.82) is 0 Å². The molecule has 1 aliphatic rings. The van der Waals surface area contributed by atoms with E-state index in [0.29, 0.717) is 13.0 Å². The molecule has 0 unspecified atom stereocenters. The van der Waals surface area contributed by atoms with Crippen LogP contribution >= 0.6 is 11.6 Å². The quantitative estimate of drug-likeness (QED) is 0.502. The molecule has 1 saturated heterocycles. The van der Waals surface area contributed by atoms with Gasteiger partial charge < -0.3 is 14.8 Å². The average Bonchev–Trinajstić information content (AvgIpc) is 3.00. The highest BCUT2D eigenvalue weighted by Gasteiger charge is 2.26. The first-order chi connectivity index (χ1) is 10.5. The van der Waals surface area contributed by atoms with E-state index in [-0.39, 0.29) is 16.4 Å². The molecule has 0 saturated carbocycles. The van der Waals surface area contributed by atoms with Crippen LogP contribution in [-0.2, 0) is 19.1 Å². The number of hydrogen-bond acceptors (Lipinski definition) is 6. The fraction of sp³-hybridized carbons (Fsp3) is 0.385. The summed E-state index contributed by atoms with van der Waals surface area (Å²) in [5, 5.41) is 13.4. The Morgan fingerprint density at radius 1 is 1.50 bits per heavy atom. The maximum absolute atomic E-state index is 11.7. The maximum atomic E-state index is 11.7. The van der Waals surface area contributed by atoms with Crippen molar-refractivity contribution in [1.82, 2.24) is 0 Å². The number of nitrogens with one attached hydrogen (secondary N) is 1. The number of anilines is 1. The van der Waals surface area contributed by atoms with Crippen LogP contribution in [0.25, 0.3) is 0 Å². The molecular weight excluding hydrogens is 316 g/mol. The summed E-state index contributed by atoms with van der Waals surface area (Å²) in [5.41, 5.74) is -0.362. The van der Waals surface area contributed by atoms with Crippen molar-refractivity contribution in [3.8, 4) is 0 Å². The van der Waals surface area contributed by atoms with Gasteiger partial charge in [-0.25, -0.2) is 4.79 Å². The molecule has 22 heavy (non-hydrogen) atoms. The van der Waals surface area contributed by atoms with E-state index in [9.17, 15) is 19.7 Å². The summed E-state index contributed by atoms with van der Waals surface area (Å²) in [4.78, 5) is 33.5. The third kappa shape index (κ3) is 4.15. The lowest BCUT2D eigenvalue weighted by atomic mass is 10.2. The van der Waals surface area contributed by atoms with Gasteiger partial charge in [0, 0.05) is 17.7 Å². The van der Waals surface area contributed by atoms with Crippen LogP contribution < -0.4 is 5.32 Å². The molecule has 1 heterocycles. The Balaban J connectivity index is 1.92. The number of benzene rings is 1. The Morgan fingerprint density at radius 2 is 2.27 bits per heavy atom. The first-order valence-electron chi connectivity index (χ1n) is 6.49. The number of carbonyl (C=O) groups is 2. The number of amides is 1. The monoisotopic (exact) mass is 328 g/mol. The van der Waals surface area contributed by atoms with Gasteiger partial charge in [-0.15, -0.1) is 0 Å². The van der Waals surface area contributed by atoms with Crippen molar-refractivity contribution in [2.75, 3.05) is 18.5 Å². The number of ether oxygens (including phenoxy) is 2. The second-order valence-electron chi connectivity index (χ2n) is 4.58. The van der Waals surface area contributed by atoms with Gasteiger partial charge in [-0.05, 0) is 25.0 Å². The molecule has 2 rings (SSSR count). The number of rotatable bonds is 5. The second kappa shape index (κ2) is 7.19. The third-order valence-electron chi connectivity index (χ3n) is 2.97. The molecule has 1 aromatic carbocycles. The first-order valence-corrected chi connectivity index (χ1v) is 6.87. The summed E-state index contributed by atoms with van der Waals surface area (Å²) in [6.07, 6.45) is 0.684. The predicted octanol–water partition coefficient (Wildman–Crippen LogP) is 1.91. The molecule has 0 radical (unpaired) electrons. The maximum Gasteiger partial charge on any atom is 0.335 e. The minimum Gasteiger partial charge on any atom is -0.454 e. The summed E-state index contributed by atoms with van der Waals surface area (Å²) < 4.78 is 9.93. The van der Waals surface area contributed by atoms with Crippen molar-refractivity contribution in [2.24, 2.45) is 0 Å². The predicted molar refractivity (Wildman–Crippen MR) is 76.7 cm³/mol. The first kappa shape index (κ1) is 16.2. The van der Waals surface area contributed by atoms with E-state index in [0.717, 1.165) is 12.5 Å². The number of carbonyl (C=O) groups excluding carboxylic acids is 2. The molecule has 9 heteroatoms. The molecule has 0 bridgehead atoms. The summed E-state index contributed by atoms with van der Waals surface area (Å²) >= 11 is 5.67.